The van der Waals surface area contributed by atoms with Crippen molar-refractivity contribution in [3.05, 3.63) is 63.1 Å². The van der Waals surface area contributed by atoms with Crippen LogP contribution in [0.5, 0.6) is 0 Å². The molecule has 4 aromatic heterocycles. The molecule has 0 atom stereocenters. The van der Waals surface area contributed by atoms with Crippen LogP contribution in [-0.4, -0.2) is 30.0 Å². The number of benzene rings is 1. The second-order valence-corrected chi connectivity index (χ2v) is 7.48. The van der Waals surface area contributed by atoms with E-state index >= 15 is 0 Å². The number of aromatic nitrogens is 5. The lowest BCUT2D eigenvalue weighted by molar-refractivity contribution is -0.116. The molecule has 11 heteroatoms. The van der Waals surface area contributed by atoms with Crippen molar-refractivity contribution in [3.8, 4) is 11.3 Å². The Morgan fingerprint density at radius 1 is 1.30 bits per heavy atom. The average molecular weight is 422 g/mol. The minimum Gasteiger partial charge on any atom is -0.464 e. The summed E-state index contributed by atoms with van der Waals surface area (Å²) in [4.78, 5) is 47.0. The maximum absolute atomic E-state index is 12.5. The highest BCUT2D eigenvalue weighted by molar-refractivity contribution is 7.14. The van der Waals surface area contributed by atoms with Gasteiger partial charge in [0.2, 0.25) is 5.91 Å². The number of hydrogen-bond acceptors (Lipinski definition) is 7. The van der Waals surface area contributed by atoms with Gasteiger partial charge in [0.15, 0.2) is 16.3 Å². The summed E-state index contributed by atoms with van der Waals surface area (Å²) in [5.74, 6) is -0.367. The van der Waals surface area contributed by atoms with E-state index in [9.17, 15) is 14.4 Å². The second-order valence-electron chi connectivity index (χ2n) is 6.62. The molecule has 5 aromatic rings. The predicted molar refractivity (Wildman–Crippen MR) is 112 cm³/mol. The van der Waals surface area contributed by atoms with Gasteiger partial charge in [-0.3, -0.25) is 19.1 Å². The van der Waals surface area contributed by atoms with Crippen molar-refractivity contribution in [2.45, 2.75) is 6.54 Å². The zero-order valence-electron chi connectivity index (χ0n) is 15.6. The Balaban J connectivity index is 1.36. The molecule has 5 rings (SSSR count). The number of furan rings is 1. The number of nitrogens with zero attached hydrogens (tertiary/aromatic N) is 4. The highest BCUT2D eigenvalue weighted by atomic mass is 32.1. The number of H-pyrrole nitrogens is 1. The van der Waals surface area contributed by atoms with Gasteiger partial charge in [-0.15, -0.1) is 11.3 Å². The number of nitrogens with one attached hydrogen (secondary N) is 2. The van der Waals surface area contributed by atoms with Crippen LogP contribution in [0.15, 0.2) is 56.2 Å². The molecule has 0 bridgehead atoms. The van der Waals surface area contributed by atoms with Gasteiger partial charge >= 0.3 is 5.69 Å². The van der Waals surface area contributed by atoms with Crippen molar-refractivity contribution >= 4 is 44.5 Å². The number of carbonyl (C=O) groups is 1. The zero-order valence-corrected chi connectivity index (χ0v) is 16.4. The van der Waals surface area contributed by atoms with E-state index in [1.54, 1.807) is 6.26 Å². The largest absolute Gasteiger partial charge is 0.464 e. The molecule has 1 amide bonds. The molecule has 0 fully saturated rings. The standard InChI is InChI=1S/C19H14N6O4S/c1-24-16-15(17(27)23-19(24)28)25(9-20-16)7-14(26)22-18-21-12(8-30-18)10-2-3-13-11(6-10)4-5-29-13/h2-6,8-9H,7H2,1H3,(H,21,22,26)(H,23,27,28). The van der Waals surface area contributed by atoms with Crippen molar-refractivity contribution < 1.29 is 9.21 Å². The Morgan fingerprint density at radius 3 is 3.03 bits per heavy atom. The first-order chi connectivity index (χ1) is 14.5. The van der Waals surface area contributed by atoms with E-state index in [1.165, 1.54) is 33.8 Å². The Morgan fingerprint density at radius 2 is 2.17 bits per heavy atom. The maximum atomic E-state index is 12.5. The number of imidazole rings is 1. The van der Waals surface area contributed by atoms with E-state index in [0.29, 0.717) is 5.13 Å². The summed E-state index contributed by atoms with van der Waals surface area (Å²) in [7, 11) is 1.50. The lowest BCUT2D eigenvalue weighted by Crippen LogP contribution is -2.30. The van der Waals surface area contributed by atoms with Crippen LogP contribution in [0.4, 0.5) is 5.13 Å². The smallest absolute Gasteiger partial charge is 0.329 e. The Kier molecular flexibility index (Phi) is 4.10. The third-order valence-corrected chi connectivity index (χ3v) is 5.45. The molecule has 150 valence electrons. The topological polar surface area (TPSA) is 128 Å². The number of thiazole rings is 1. The fourth-order valence-electron chi connectivity index (χ4n) is 3.21. The molecule has 4 heterocycles. The number of hydrogen-bond donors (Lipinski definition) is 2. The van der Waals surface area contributed by atoms with E-state index in [4.69, 9.17) is 4.42 Å². The molecule has 30 heavy (non-hydrogen) atoms. The highest BCUT2D eigenvalue weighted by Crippen LogP contribution is 2.28. The molecule has 0 aliphatic rings. The predicted octanol–water partition coefficient (Wildman–Crippen LogP) is 1.93. The fraction of sp³-hybridized carbons (Fsp3) is 0.105. The fourth-order valence-corrected chi connectivity index (χ4v) is 3.94. The molecule has 1 aromatic carbocycles. The van der Waals surface area contributed by atoms with Gasteiger partial charge in [0.05, 0.1) is 18.3 Å². The van der Waals surface area contributed by atoms with E-state index < -0.39 is 11.2 Å². The van der Waals surface area contributed by atoms with Crippen LogP contribution < -0.4 is 16.6 Å². The minimum atomic E-state index is -0.593. The summed E-state index contributed by atoms with van der Waals surface area (Å²) in [6, 6.07) is 7.62. The monoisotopic (exact) mass is 422 g/mol. The van der Waals surface area contributed by atoms with E-state index in [-0.39, 0.29) is 23.6 Å². The van der Waals surface area contributed by atoms with Crippen LogP contribution in [0, 0.1) is 0 Å². The van der Waals surface area contributed by atoms with Crippen LogP contribution in [0.1, 0.15) is 0 Å². The first-order valence-electron chi connectivity index (χ1n) is 8.87. The van der Waals surface area contributed by atoms with Gasteiger partial charge in [0, 0.05) is 23.4 Å². The lowest BCUT2D eigenvalue weighted by Gasteiger charge is -2.04. The van der Waals surface area contributed by atoms with Gasteiger partial charge < -0.3 is 14.3 Å². The summed E-state index contributed by atoms with van der Waals surface area (Å²) in [6.07, 6.45) is 2.98. The first-order valence-corrected chi connectivity index (χ1v) is 9.75. The first kappa shape index (κ1) is 18.1. The van der Waals surface area contributed by atoms with Crippen LogP contribution in [0.2, 0.25) is 0 Å². The lowest BCUT2D eigenvalue weighted by atomic mass is 10.1. The van der Waals surface area contributed by atoms with Crippen LogP contribution >= 0.6 is 11.3 Å². The molecule has 0 aliphatic carbocycles. The molecule has 2 N–H and O–H groups in total. The second kappa shape index (κ2) is 6.81. The van der Waals surface area contributed by atoms with Gasteiger partial charge in [-0.05, 0) is 24.3 Å². The third-order valence-electron chi connectivity index (χ3n) is 4.69. The summed E-state index contributed by atoms with van der Waals surface area (Å²) in [6.45, 7) is -0.145. The molecule has 0 saturated heterocycles. The number of amides is 1. The number of aryl methyl sites for hydroxylation is 1. The molecule has 10 nitrogen and oxygen atoms in total. The Labute approximate surface area is 171 Å². The normalized spacial score (nSPS) is 11.4. The summed E-state index contributed by atoms with van der Waals surface area (Å²) in [5.41, 5.74) is 1.65. The summed E-state index contributed by atoms with van der Waals surface area (Å²) < 4.78 is 7.95. The van der Waals surface area contributed by atoms with Crippen LogP contribution in [0.25, 0.3) is 33.4 Å². The van der Waals surface area contributed by atoms with Gasteiger partial charge in [0.25, 0.3) is 5.56 Å². The maximum Gasteiger partial charge on any atom is 0.329 e. The minimum absolute atomic E-state index is 0.145. The molecular weight excluding hydrogens is 408 g/mol. The van der Waals surface area contributed by atoms with Gasteiger partial charge in [0.1, 0.15) is 12.1 Å². The van der Waals surface area contributed by atoms with E-state index in [0.717, 1.165) is 22.2 Å². The molecule has 0 radical (unpaired) electrons. The van der Waals surface area contributed by atoms with Crippen LogP contribution in [-0.2, 0) is 18.4 Å². The molecule has 0 saturated carbocycles. The molecular formula is C19H14N6O4S. The number of carbonyl (C=O) groups excluding carboxylic acids is 1. The van der Waals surface area contributed by atoms with Crippen molar-refractivity contribution in [1.29, 1.82) is 0 Å². The number of anilines is 1. The summed E-state index contributed by atoms with van der Waals surface area (Å²) >= 11 is 1.30. The Bertz CT molecular complexity index is 1540. The van der Waals surface area contributed by atoms with Crippen molar-refractivity contribution in [2.24, 2.45) is 7.05 Å². The molecule has 0 unspecified atom stereocenters. The quantitative estimate of drug-likeness (QED) is 0.456. The zero-order chi connectivity index (χ0) is 20.8. The number of aromatic amines is 1. The SMILES string of the molecule is Cn1c(=O)[nH]c(=O)c2c1ncn2CC(=O)Nc1nc(-c2ccc3occc3c2)cs1. The van der Waals surface area contributed by atoms with Crippen molar-refractivity contribution in [1.82, 2.24) is 24.1 Å². The van der Waals surface area contributed by atoms with E-state index in [1.807, 2.05) is 29.6 Å². The van der Waals surface area contributed by atoms with Crippen molar-refractivity contribution in [3.63, 3.8) is 0 Å². The van der Waals surface area contributed by atoms with Gasteiger partial charge in [-0.2, -0.15) is 0 Å². The average Bonchev–Trinajstić information content (AvgIpc) is 3.45. The van der Waals surface area contributed by atoms with E-state index in [2.05, 4.69) is 20.3 Å². The molecule has 0 aliphatic heterocycles. The third kappa shape index (κ3) is 3.01. The summed E-state index contributed by atoms with van der Waals surface area (Å²) in [5, 5.41) is 5.99. The highest BCUT2D eigenvalue weighted by Gasteiger charge is 2.15. The van der Waals surface area contributed by atoms with Gasteiger partial charge in [-0.25, -0.2) is 14.8 Å². The number of rotatable bonds is 4. The molecule has 0 spiro atoms. The number of fused-ring (bicyclic) bond motifs is 2. The van der Waals surface area contributed by atoms with Crippen molar-refractivity contribution in [2.75, 3.05) is 5.32 Å². The van der Waals surface area contributed by atoms with Crippen LogP contribution in [0.3, 0.4) is 0 Å². The van der Waals surface area contributed by atoms with Gasteiger partial charge in [-0.1, -0.05) is 0 Å². The Hall–Kier alpha value is -3.99.